The van der Waals surface area contributed by atoms with Crippen LogP contribution >= 0.6 is 23.2 Å². The number of carbonyl (C=O) groups is 1. The van der Waals surface area contributed by atoms with Gasteiger partial charge in [-0.1, -0.05) is 23.2 Å². The summed E-state index contributed by atoms with van der Waals surface area (Å²) in [5.41, 5.74) is -0.290. The monoisotopic (exact) mass is 290 g/mol. The number of rotatable bonds is 3. The molecule has 0 atom stereocenters. The maximum absolute atomic E-state index is 11.9. The van der Waals surface area contributed by atoms with Crippen molar-refractivity contribution < 1.29 is 14.5 Å². The van der Waals surface area contributed by atoms with Gasteiger partial charge in [0, 0.05) is 12.1 Å². The molecule has 18 heavy (non-hydrogen) atoms. The molecule has 1 amide bonds. The zero-order valence-corrected chi connectivity index (χ0v) is 10.5. The molecule has 0 aromatic heterocycles. The Kier molecular flexibility index (Phi) is 3.70. The third-order valence-electron chi connectivity index (χ3n) is 2.44. The molecule has 8 heteroatoms. The van der Waals surface area contributed by atoms with Crippen LogP contribution in [0.2, 0.25) is 10.0 Å². The van der Waals surface area contributed by atoms with Crippen LogP contribution in [0.4, 0.5) is 5.69 Å². The standard InChI is InChI=1S/C10H8Cl2N2O4/c11-8-2-6(14(16)17)1-7(9(8)12)10(15)13-5-3-18-4-5/h1-2,5H,3-4H2,(H,13,15). The SMILES string of the molecule is O=C(NC1COC1)c1cc([N+](=O)[O-])cc(Cl)c1Cl. The predicted octanol–water partition coefficient (Wildman–Crippen LogP) is 2.03. The van der Waals surface area contributed by atoms with Gasteiger partial charge in [0.15, 0.2) is 0 Å². The molecule has 1 aliphatic rings. The summed E-state index contributed by atoms with van der Waals surface area (Å²) in [6, 6.07) is 2.11. The topological polar surface area (TPSA) is 81.5 Å². The summed E-state index contributed by atoms with van der Waals surface area (Å²) in [6.07, 6.45) is 0. The molecule has 96 valence electrons. The van der Waals surface area contributed by atoms with Gasteiger partial charge >= 0.3 is 0 Å². The van der Waals surface area contributed by atoms with Crippen molar-refractivity contribution in [3.63, 3.8) is 0 Å². The highest BCUT2D eigenvalue weighted by atomic mass is 35.5. The van der Waals surface area contributed by atoms with Crippen molar-refractivity contribution in [3.8, 4) is 0 Å². The van der Waals surface area contributed by atoms with Gasteiger partial charge in [0.05, 0.1) is 39.8 Å². The maximum atomic E-state index is 11.9. The summed E-state index contributed by atoms with van der Waals surface area (Å²) in [7, 11) is 0. The molecule has 6 nitrogen and oxygen atoms in total. The van der Waals surface area contributed by atoms with Crippen LogP contribution in [-0.4, -0.2) is 30.1 Å². The van der Waals surface area contributed by atoms with E-state index < -0.39 is 10.8 Å². The number of non-ortho nitro benzene ring substituents is 1. The van der Waals surface area contributed by atoms with Crippen molar-refractivity contribution in [2.24, 2.45) is 0 Å². The normalized spacial score (nSPS) is 15.0. The Labute approximate surface area is 112 Å². The maximum Gasteiger partial charge on any atom is 0.271 e. The van der Waals surface area contributed by atoms with Gasteiger partial charge in [-0.05, 0) is 0 Å². The second-order valence-electron chi connectivity index (χ2n) is 3.75. The minimum atomic E-state index is -0.633. The Morgan fingerprint density at radius 1 is 1.44 bits per heavy atom. The average Bonchev–Trinajstić information content (AvgIpc) is 2.26. The van der Waals surface area contributed by atoms with Crippen molar-refractivity contribution in [1.82, 2.24) is 5.32 Å². The van der Waals surface area contributed by atoms with Crippen LogP contribution in [0.1, 0.15) is 10.4 Å². The van der Waals surface area contributed by atoms with Crippen LogP contribution in [0.3, 0.4) is 0 Å². The van der Waals surface area contributed by atoms with Gasteiger partial charge in [-0.2, -0.15) is 0 Å². The number of nitrogens with zero attached hydrogens (tertiary/aromatic N) is 1. The van der Waals surface area contributed by atoms with Crippen molar-refractivity contribution >= 4 is 34.8 Å². The number of hydrogen-bond donors (Lipinski definition) is 1. The molecule has 1 fully saturated rings. The van der Waals surface area contributed by atoms with E-state index in [2.05, 4.69) is 5.32 Å². The van der Waals surface area contributed by atoms with Gasteiger partial charge in [-0.3, -0.25) is 14.9 Å². The summed E-state index contributed by atoms with van der Waals surface area (Å²) in [6.45, 7) is 0.845. The lowest BCUT2D eigenvalue weighted by Gasteiger charge is -2.26. The molecule has 1 N–H and O–H groups in total. The second-order valence-corrected chi connectivity index (χ2v) is 4.54. The lowest BCUT2D eigenvalue weighted by molar-refractivity contribution is -0.384. The average molecular weight is 291 g/mol. The Morgan fingerprint density at radius 3 is 2.61 bits per heavy atom. The van der Waals surface area contributed by atoms with E-state index in [0.29, 0.717) is 13.2 Å². The summed E-state index contributed by atoms with van der Waals surface area (Å²) < 4.78 is 4.91. The minimum Gasteiger partial charge on any atom is -0.377 e. The van der Waals surface area contributed by atoms with E-state index in [9.17, 15) is 14.9 Å². The van der Waals surface area contributed by atoms with Crippen LogP contribution in [-0.2, 0) is 4.74 Å². The molecule has 1 heterocycles. The molecular weight excluding hydrogens is 283 g/mol. The van der Waals surface area contributed by atoms with Crippen LogP contribution < -0.4 is 5.32 Å². The fourth-order valence-corrected chi connectivity index (χ4v) is 1.84. The van der Waals surface area contributed by atoms with Crippen molar-refractivity contribution in [1.29, 1.82) is 0 Å². The molecule has 0 bridgehead atoms. The Balaban J connectivity index is 2.29. The Bertz CT molecular complexity index is 517. The van der Waals surface area contributed by atoms with Crippen molar-refractivity contribution in [2.45, 2.75) is 6.04 Å². The van der Waals surface area contributed by atoms with Gasteiger partial charge in [-0.15, -0.1) is 0 Å². The number of amides is 1. The van der Waals surface area contributed by atoms with E-state index in [1.807, 2.05) is 0 Å². The molecule has 0 spiro atoms. The van der Waals surface area contributed by atoms with E-state index in [-0.39, 0.29) is 27.3 Å². The number of nitrogens with one attached hydrogen (secondary N) is 1. The second kappa shape index (κ2) is 5.09. The molecule has 0 unspecified atom stereocenters. The van der Waals surface area contributed by atoms with Gasteiger partial charge in [-0.25, -0.2) is 0 Å². The fourth-order valence-electron chi connectivity index (χ4n) is 1.43. The van der Waals surface area contributed by atoms with Gasteiger partial charge in [0.25, 0.3) is 11.6 Å². The minimum absolute atomic E-state index is 0.00000787. The first-order valence-electron chi connectivity index (χ1n) is 5.01. The predicted molar refractivity (Wildman–Crippen MR) is 65.2 cm³/mol. The number of nitro benzene ring substituents is 1. The number of ether oxygens (including phenoxy) is 1. The Morgan fingerprint density at radius 2 is 2.11 bits per heavy atom. The van der Waals surface area contributed by atoms with Crippen molar-refractivity contribution in [3.05, 3.63) is 37.9 Å². The quantitative estimate of drug-likeness (QED) is 0.682. The van der Waals surface area contributed by atoms with E-state index in [1.54, 1.807) is 0 Å². The highest BCUT2D eigenvalue weighted by Crippen LogP contribution is 2.30. The first-order chi connectivity index (χ1) is 8.49. The number of benzene rings is 1. The molecular formula is C10H8Cl2N2O4. The lowest BCUT2D eigenvalue weighted by atomic mass is 10.1. The first kappa shape index (κ1) is 13.1. The Hall–Kier alpha value is -1.37. The first-order valence-corrected chi connectivity index (χ1v) is 5.76. The van der Waals surface area contributed by atoms with E-state index in [0.717, 1.165) is 12.1 Å². The van der Waals surface area contributed by atoms with E-state index >= 15 is 0 Å². The molecule has 1 aromatic carbocycles. The molecule has 0 radical (unpaired) electrons. The fraction of sp³-hybridized carbons (Fsp3) is 0.300. The van der Waals surface area contributed by atoms with Crippen LogP contribution in [0.15, 0.2) is 12.1 Å². The van der Waals surface area contributed by atoms with E-state index in [1.165, 1.54) is 0 Å². The molecule has 1 saturated heterocycles. The van der Waals surface area contributed by atoms with Gasteiger partial charge < -0.3 is 10.1 Å². The molecule has 2 rings (SSSR count). The third-order valence-corrected chi connectivity index (χ3v) is 3.24. The highest BCUT2D eigenvalue weighted by Gasteiger charge is 2.24. The zero-order chi connectivity index (χ0) is 13.3. The summed E-state index contributed by atoms with van der Waals surface area (Å²) in [5, 5.41) is 13.3. The number of carbonyl (C=O) groups excluding carboxylic acids is 1. The lowest BCUT2D eigenvalue weighted by Crippen LogP contribution is -2.48. The van der Waals surface area contributed by atoms with Gasteiger partial charge in [0.1, 0.15) is 0 Å². The van der Waals surface area contributed by atoms with Crippen LogP contribution in [0, 0.1) is 10.1 Å². The molecule has 1 aromatic rings. The summed E-state index contributed by atoms with van der Waals surface area (Å²) >= 11 is 11.6. The summed E-state index contributed by atoms with van der Waals surface area (Å²) in [5.74, 6) is -0.501. The largest absolute Gasteiger partial charge is 0.377 e. The molecule has 0 saturated carbocycles. The molecule has 1 aliphatic heterocycles. The highest BCUT2D eigenvalue weighted by molar-refractivity contribution is 6.44. The van der Waals surface area contributed by atoms with Gasteiger partial charge in [0.2, 0.25) is 0 Å². The smallest absolute Gasteiger partial charge is 0.271 e. The third kappa shape index (κ3) is 2.55. The van der Waals surface area contributed by atoms with E-state index in [4.69, 9.17) is 27.9 Å². The van der Waals surface area contributed by atoms with Crippen LogP contribution in [0.25, 0.3) is 0 Å². The zero-order valence-electron chi connectivity index (χ0n) is 8.98. The number of hydrogen-bond acceptors (Lipinski definition) is 4. The number of nitro groups is 1. The van der Waals surface area contributed by atoms with Crippen LogP contribution in [0.5, 0.6) is 0 Å². The van der Waals surface area contributed by atoms with Crippen molar-refractivity contribution in [2.75, 3.05) is 13.2 Å². The number of halogens is 2. The summed E-state index contributed by atoms with van der Waals surface area (Å²) in [4.78, 5) is 21.9. The molecule has 0 aliphatic carbocycles.